The van der Waals surface area contributed by atoms with Gasteiger partial charge >= 0.3 is 0 Å². The minimum absolute atomic E-state index is 0.337. The van der Waals surface area contributed by atoms with Gasteiger partial charge in [-0.1, -0.05) is 6.42 Å². The molecule has 2 nitrogen and oxygen atoms in total. The summed E-state index contributed by atoms with van der Waals surface area (Å²) in [6.45, 7) is 6.24. The summed E-state index contributed by atoms with van der Waals surface area (Å²) >= 11 is 1.85. The van der Waals surface area contributed by atoms with E-state index in [0.717, 1.165) is 22.9 Å². The zero-order chi connectivity index (χ0) is 12.0. The van der Waals surface area contributed by atoms with E-state index in [1.54, 1.807) is 0 Å². The molecular formula is C13H22N2S. The summed E-state index contributed by atoms with van der Waals surface area (Å²) in [7, 11) is 0. The highest BCUT2D eigenvalue weighted by molar-refractivity contribution is 7.99. The molecule has 0 amide bonds. The number of nitrogens with two attached hydrogens (primary N) is 1. The first-order chi connectivity index (χ1) is 7.58. The fourth-order valence-corrected chi connectivity index (χ4v) is 2.66. The van der Waals surface area contributed by atoms with Crippen LogP contribution in [0.4, 0.5) is 0 Å². The Bertz CT molecular complexity index is 303. The first-order valence-electron chi connectivity index (χ1n) is 5.91. The van der Waals surface area contributed by atoms with Crippen LogP contribution in [0.2, 0.25) is 0 Å². The number of thioether (sulfide) groups is 1. The van der Waals surface area contributed by atoms with Crippen molar-refractivity contribution >= 4 is 11.8 Å². The van der Waals surface area contributed by atoms with Crippen molar-refractivity contribution in [1.82, 2.24) is 4.98 Å². The second-order valence-corrected chi connectivity index (χ2v) is 5.56. The van der Waals surface area contributed by atoms with Crippen LogP contribution < -0.4 is 5.73 Å². The predicted octanol–water partition coefficient (Wildman–Crippen LogP) is 3.31. The van der Waals surface area contributed by atoms with Crippen molar-refractivity contribution in [2.24, 2.45) is 5.73 Å². The van der Waals surface area contributed by atoms with Gasteiger partial charge in [0.1, 0.15) is 0 Å². The number of hydrogen-bond acceptors (Lipinski definition) is 3. The smallest absolute Gasteiger partial charge is 0.0965 e. The monoisotopic (exact) mass is 238 g/mol. The van der Waals surface area contributed by atoms with Crippen LogP contribution in [0, 0.1) is 13.8 Å². The third kappa shape index (κ3) is 5.52. The van der Waals surface area contributed by atoms with Crippen molar-refractivity contribution < 1.29 is 0 Å². The molecule has 0 aliphatic heterocycles. The van der Waals surface area contributed by atoms with Gasteiger partial charge in [0.25, 0.3) is 0 Å². The number of hydrogen-bond donors (Lipinski definition) is 1. The molecule has 1 rings (SSSR count). The van der Waals surface area contributed by atoms with Crippen LogP contribution in [0.3, 0.4) is 0 Å². The van der Waals surface area contributed by atoms with Crippen molar-refractivity contribution in [3.05, 3.63) is 23.4 Å². The molecule has 1 aromatic heterocycles. The molecule has 0 fully saturated rings. The van der Waals surface area contributed by atoms with E-state index in [0.29, 0.717) is 6.04 Å². The van der Waals surface area contributed by atoms with E-state index >= 15 is 0 Å². The molecule has 1 unspecified atom stereocenters. The second-order valence-electron chi connectivity index (χ2n) is 4.45. The van der Waals surface area contributed by atoms with Crippen molar-refractivity contribution in [3.8, 4) is 0 Å². The van der Waals surface area contributed by atoms with Gasteiger partial charge < -0.3 is 5.73 Å². The Morgan fingerprint density at radius 3 is 2.69 bits per heavy atom. The molecule has 90 valence electrons. The number of nitrogens with zero attached hydrogens (tertiary/aromatic N) is 1. The third-order valence-electron chi connectivity index (χ3n) is 2.38. The SMILES string of the molecule is Cc1cc(C)nc(SCCCCC(C)N)c1. The van der Waals surface area contributed by atoms with Crippen LogP contribution in [-0.2, 0) is 0 Å². The minimum Gasteiger partial charge on any atom is -0.328 e. The van der Waals surface area contributed by atoms with Crippen LogP contribution in [0.5, 0.6) is 0 Å². The zero-order valence-corrected chi connectivity index (χ0v) is 11.3. The van der Waals surface area contributed by atoms with E-state index in [4.69, 9.17) is 5.73 Å². The Morgan fingerprint density at radius 1 is 1.31 bits per heavy atom. The van der Waals surface area contributed by atoms with Gasteiger partial charge in [0, 0.05) is 11.7 Å². The largest absolute Gasteiger partial charge is 0.328 e. The number of aryl methyl sites for hydroxylation is 2. The average molecular weight is 238 g/mol. The first kappa shape index (κ1) is 13.5. The van der Waals surface area contributed by atoms with Gasteiger partial charge in [-0.05, 0) is 57.1 Å². The lowest BCUT2D eigenvalue weighted by Gasteiger charge is -2.05. The van der Waals surface area contributed by atoms with E-state index in [1.165, 1.54) is 18.4 Å². The van der Waals surface area contributed by atoms with Gasteiger partial charge in [0.15, 0.2) is 0 Å². The Kier molecular flexibility index (Phi) is 5.85. The standard InChI is InChI=1S/C13H22N2S/c1-10-8-12(3)15-13(9-10)16-7-5-4-6-11(2)14/h8-9,11H,4-7,14H2,1-3H3. The molecule has 16 heavy (non-hydrogen) atoms. The van der Waals surface area contributed by atoms with Gasteiger partial charge in [-0.2, -0.15) is 0 Å². The lowest BCUT2D eigenvalue weighted by Crippen LogP contribution is -2.14. The maximum Gasteiger partial charge on any atom is 0.0965 e. The molecule has 0 saturated carbocycles. The Morgan fingerprint density at radius 2 is 2.06 bits per heavy atom. The van der Waals surface area contributed by atoms with Gasteiger partial charge in [-0.25, -0.2) is 4.98 Å². The minimum atomic E-state index is 0.337. The summed E-state index contributed by atoms with van der Waals surface area (Å²) in [4.78, 5) is 4.51. The highest BCUT2D eigenvalue weighted by Crippen LogP contribution is 2.19. The van der Waals surface area contributed by atoms with Gasteiger partial charge in [-0.15, -0.1) is 11.8 Å². The highest BCUT2D eigenvalue weighted by atomic mass is 32.2. The molecular weight excluding hydrogens is 216 g/mol. The normalized spacial score (nSPS) is 12.8. The molecule has 0 saturated heterocycles. The molecule has 0 aromatic carbocycles. The molecule has 0 aliphatic carbocycles. The van der Waals surface area contributed by atoms with Crippen LogP contribution >= 0.6 is 11.8 Å². The first-order valence-corrected chi connectivity index (χ1v) is 6.90. The quantitative estimate of drug-likeness (QED) is 0.610. The second kappa shape index (κ2) is 6.92. The molecule has 0 aliphatic rings. The lowest BCUT2D eigenvalue weighted by atomic mass is 10.2. The van der Waals surface area contributed by atoms with Gasteiger partial charge in [-0.3, -0.25) is 0 Å². The molecule has 1 aromatic rings. The van der Waals surface area contributed by atoms with Crippen molar-refractivity contribution in [1.29, 1.82) is 0 Å². The Labute approximate surface area is 103 Å². The van der Waals surface area contributed by atoms with Gasteiger partial charge in [0.2, 0.25) is 0 Å². The van der Waals surface area contributed by atoms with Crippen molar-refractivity contribution in [2.45, 2.75) is 51.1 Å². The predicted molar refractivity (Wildman–Crippen MR) is 71.9 cm³/mol. The number of aromatic nitrogens is 1. The van der Waals surface area contributed by atoms with Crippen LogP contribution in [0.15, 0.2) is 17.2 Å². The highest BCUT2D eigenvalue weighted by Gasteiger charge is 1.99. The summed E-state index contributed by atoms with van der Waals surface area (Å²) in [5.41, 5.74) is 8.11. The fourth-order valence-electron chi connectivity index (χ4n) is 1.62. The Hall–Kier alpha value is -0.540. The van der Waals surface area contributed by atoms with E-state index in [-0.39, 0.29) is 0 Å². The molecule has 0 radical (unpaired) electrons. The third-order valence-corrected chi connectivity index (χ3v) is 3.38. The molecule has 0 spiro atoms. The summed E-state index contributed by atoms with van der Waals surface area (Å²) in [6, 6.07) is 4.60. The van der Waals surface area contributed by atoms with E-state index < -0.39 is 0 Å². The molecule has 3 heteroatoms. The topological polar surface area (TPSA) is 38.9 Å². The van der Waals surface area contributed by atoms with E-state index in [2.05, 4.69) is 31.0 Å². The summed E-state index contributed by atoms with van der Waals surface area (Å²) < 4.78 is 0. The Balaban J connectivity index is 2.26. The maximum atomic E-state index is 5.71. The van der Waals surface area contributed by atoms with E-state index in [9.17, 15) is 0 Å². The van der Waals surface area contributed by atoms with E-state index in [1.807, 2.05) is 18.7 Å². The summed E-state index contributed by atoms with van der Waals surface area (Å²) in [5, 5.41) is 1.15. The molecule has 1 atom stereocenters. The van der Waals surface area contributed by atoms with Crippen LogP contribution in [0.25, 0.3) is 0 Å². The summed E-state index contributed by atoms with van der Waals surface area (Å²) in [6.07, 6.45) is 3.57. The fraction of sp³-hybridized carbons (Fsp3) is 0.615. The number of rotatable bonds is 6. The van der Waals surface area contributed by atoms with Crippen molar-refractivity contribution in [3.63, 3.8) is 0 Å². The number of pyridine rings is 1. The average Bonchev–Trinajstić information content (AvgIpc) is 2.15. The lowest BCUT2D eigenvalue weighted by molar-refractivity contribution is 0.618. The van der Waals surface area contributed by atoms with Crippen LogP contribution in [0.1, 0.15) is 37.4 Å². The maximum absolute atomic E-state index is 5.71. The van der Waals surface area contributed by atoms with Crippen LogP contribution in [-0.4, -0.2) is 16.8 Å². The molecule has 1 heterocycles. The molecule has 0 bridgehead atoms. The summed E-state index contributed by atoms with van der Waals surface area (Å²) in [5.74, 6) is 1.14. The van der Waals surface area contributed by atoms with Crippen molar-refractivity contribution in [2.75, 3.05) is 5.75 Å². The molecule has 2 N–H and O–H groups in total. The zero-order valence-electron chi connectivity index (χ0n) is 10.5. The van der Waals surface area contributed by atoms with Gasteiger partial charge in [0.05, 0.1) is 5.03 Å². The number of unbranched alkanes of at least 4 members (excludes halogenated alkanes) is 1.